The number of aromatic nitrogens is 2. The quantitative estimate of drug-likeness (QED) is 0.837. The molecule has 1 aromatic carbocycles. The van der Waals surface area contributed by atoms with Crippen molar-refractivity contribution < 1.29 is 0 Å². The number of nitrogens with one attached hydrogen (secondary N) is 2. The number of piperidine rings is 1. The Balaban J connectivity index is 1.78. The molecule has 2 heterocycles. The number of imidazole rings is 1. The molecule has 0 radical (unpaired) electrons. The van der Waals surface area contributed by atoms with Crippen LogP contribution in [0.4, 0.5) is 0 Å². The summed E-state index contributed by atoms with van der Waals surface area (Å²) in [6.07, 6.45) is 2.48. The summed E-state index contributed by atoms with van der Waals surface area (Å²) in [7, 11) is 0. The number of thioether (sulfide) groups is 1. The van der Waals surface area contributed by atoms with E-state index >= 15 is 0 Å². The lowest BCUT2D eigenvalue weighted by Gasteiger charge is -2.20. The van der Waals surface area contributed by atoms with Crippen LogP contribution in [0.15, 0.2) is 29.4 Å². The second-order valence-corrected chi connectivity index (χ2v) is 5.42. The second kappa shape index (κ2) is 4.47. The third-order valence-corrected chi connectivity index (χ3v) is 4.15. The van der Waals surface area contributed by atoms with E-state index < -0.39 is 0 Å². The number of para-hydroxylation sites is 2. The molecule has 1 aliphatic rings. The Morgan fingerprint density at radius 1 is 1.19 bits per heavy atom. The van der Waals surface area contributed by atoms with Crippen LogP contribution >= 0.6 is 11.8 Å². The summed E-state index contributed by atoms with van der Waals surface area (Å²) in [6, 6.07) is 8.20. The fraction of sp³-hybridized carbons (Fsp3) is 0.417. The van der Waals surface area contributed by atoms with Crippen molar-refractivity contribution in [2.45, 2.75) is 23.2 Å². The minimum absolute atomic E-state index is 0.710. The maximum absolute atomic E-state index is 4.59. The lowest BCUT2D eigenvalue weighted by molar-refractivity contribution is 0.531. The summed E-state index contributed by atoms with van der Waals surface area (Å²) in [4.78, 5) is 7.97. The van der Waals surface area contributed by atoms with Crippen molar-refractivity contribution in [3.05, 3.63) is 24.3 Å². The van der Waals surface area contributed by atoms with E-state index in [-0.39, 0.29) is 0 Å². The van der Waals surface area contributed by atoms with Gasteiger partial charge in [-0.15, -0.1) is 0 Å². The van der Waals surface area contributed by atoms with E-state index in [1.54, 1.807) is 0 Å². The molecule has 1 aromatic heterocycles. The van der Waals surface area contributed by atoms with E-state index in [9.17, 15) is 0 Å². The Morgan fingerprint density at radius 3 is 2.81 bits per heavy atom. The van der Waals surface area contributed by atoms with Crippen molar-refractivity contribution in [3.63, 3.8) is 0 Å². The number of hydrogen-bond acceptors (Lipinski definition) is 3. The number of rotatable bonds is 2. The standard InChI is InChI=1S/C12H15N3S/c1-2-4-11-10(3-1)14-12(15-11)16-9-5-7-13-8-6-9/h1-4,9,13H,5-8H2,(H,14,15). The molecule has 1 fully saturated rings. The second-order valence-electron chi connectivity index (χ2n) is 4.13. The highest BCUT2D eigenvalue weighted by Crippen LogP contribution is 2.27. The van der Waals surface area contributed by atoms with Gasteiger partial charge in [0.05, 0.1) is 11.0 Å². The highest BCUT2D eigenvalue weighted by atomic mass is 32.2. The van der Waals surface area contributed by atoms with E-state index in [2.05, 4.69) is 27.4 Å². The van der Waals surface area contributed by atoms with Crippen LogP contribution in [0.3, 0.4) is 0 Å². The van der Waals surface area contributed by atoms with Crippen LogP contribution in [0, 0.1) is 0 Å². The van der Waals surface area contributed by atoms with E-state index in [4.69, 9.17) is 0 Å². The van der Waals surface area contributed by atoms with Gasteiger partial charge in [0, 0.05) is 5.25 Å². The van der Waals surface area contributed by atoms with Gasteiger partial charge in [0.25, 0.3) is 0 Å². The largest absolute Gasteiger partial charge is 0.333 e. The predicted octanol–water partition coefficient (Wildman–Crippen LogP) is 2.41. The maximum Gasteiger partial charge on any atom is 0.166 e. The van der Waals surface area contributed by atoms with Crippen LogP contribution in [0.25, 0.3) is 11.0 Å². The monoisotopic (exact) mass is 233 g/mol. The summed E-state index contributed by atoms with van der Waals surface area (Å²) in [5.74, 6) is 0. The molecule has 84 valence electrons. The molecule has 0 atom stereocenters. The van der Waals surface area contributed by atoms with Crippen LogP contribution < -0.4 is 5.32 Å². The fourth-order valence-electron chi connectivity index (χ4n) is 2.06. The number of fused-ring (bicyclic) bond motifs is 1. The smallest absolute Gasteiger partial charge is 0.166 e. The van der Waals surface area contributed by atoms with Crippen LogP contribution in [0.1, 0.15) is 12.8 Å². The summed E-state index contributed by atoms with van der Waals surface area (Å²) in [6.45, 7) is 2.27. The first kappa shape index (κ1) is 10.2. The topological polar surface area (TPSA) is 40.7 Å². The number of aromatic amines is 1. The predicted molar refractivity (Wildman–Crippen MR) is 67.8 cm³/mol. The van der Waals surface area contributed by atoms with Gasteiger partial charge in [-0.25, -0.2) is 4.98 Å². The number of hydrogen-bond donors (Lipinski definition) is 2. The first-order chi connectivity index (χ1) is 7.92. The van der Waals surface area contributed by atoms with E-state index in [1.165, 1.54) is 12.8 Å². The SMILES string of the molecule is c1ccc2[nH]c(SC3CCNCC3)nc2c1. The molecule has 16 heavy (non-hydrogen) atoms. The van der Waals surface area contributed by atoms with Crippen molar-refractivity contribution in [1.82, 2.24) is 15.3 Å². The molecule has 3 rings (SSSR count). The van der Waals surface area contributed by atoms with E-state index in [0.29, 0.717) is 5.25 Å². The van der Waals surface area contributed by atoms with Gasteiger partial charge in [0.1, 0.15) is 0 Å². The zero-order chi connectivity index (χ0) is 10.8. The van der Waals surface area contributed by atoms with Gasteiger partial charge >= 0.3 is 0 Å². The first-order valence-corrected chi connectivity index (χ1v) is 6.62. The summed E-state index contributed by atoms with van der Waals surface area (Å²) >= 11 is 1.88. The highest BCUT2D eigenvalue weighted by molar-refractivity contribution is 7.99. The molecule has 2 N–H and O–H groups in total. The van der Waals surface area contributed by atoms with Crippen LogP contribution in [-0.2, 0) is 0 Å². The molecule has 0 bridgehead atoms. The molecule has 3 nitrogen and oxygen atoms in total. The van der Waals surface area contributed by atoms with Gasteiger partial charge < -0.3 is 10.3 Å². The van der Waals surface area contributed by atoms with Crippen LogP contribution in [0.5, 0.6) is 0 Å². The molecule has 1 saturated heterocycles. The Bertz CT molecular complexity index is 441. The molecule has 1 aliphatic heterocycles. The van der Waals surface area contributed by atoms with Crippen LogP contribution in [-0.4, -0.2) is 28.3 Å². The lowest BCUT2D eigenvalue weighted by atomic mass is 10.2. The number of benzene rings is 1. The number of nitrogens with zero attached hydrogens (tertiary/aromatic N) is 1. The molecule has 0 amide bonds. The van der Waals surface area contributed by atoms with Gasteiger partial charge in [-0.3, -0.25) is 0 Å². The normalized spacial score (nSPS) is 18.0. The highest BCUT2D eigenvalue weighted by Gasteiger charge is 2.15. The Hall–Kier alpha value is -1.00. The zero-order valence-corrected chi connectivity index (χ0v) is 9.89. The van der Waals surface area contributed by atoms with E-state index in [0.717, 1.165) is 29.3 Å². The first-order valence-electron chi connectivity index (χ1n) is 5.74. The molecule has 0 unspecified atom stereocenters. The average molecular weight is 233 g/mol. The molecule has 0 aliphatic carbocycles. The van der Waals surface area contributed by atoms with Crippen molar-refractivity contribution in [1.29, 1.82) is 0 Å². The van der Waals surface area contributed by atoms with Crippen molar-refractivity contribution in [2.24, 2.45) is 0 Å². The average Bonchev–Trinajstić information content (AvgIpc) is 2.72. The summed E-state index contributed by atoms with van der Waals surface area (Å²) in [5.41, 5.74) is 2.21. The van der Waals surface area contributed by atoms with Gasteiger partial charge in [-0.05, 0) is 38.1 Å². The molecular weight excluding hydrogens is 218 g/mol. The molecule has 0 saturated carbocycles. The number of H-pyrrole nitrogens is 1. The summed E-state index contributed by atoms with van der Waals surface area (Å²) < 4.78 is 0. The van der Waals surface area contributed by atoms with Crippen molar-refractivity contribution in [2.75, 3.05) is 13.1 Å². The van der Waals surface area contributed by atoms with E-state index in [1.807, 2.05) is 23.9 Å². The van der Waals surface area contributed by atoms with Gasteiger partial charge in [0.15, 0.2) is 5.16 Å². The van der Waals surface area contributed by atoms with Crippen molar-refractivity contribution in [3.8, 4) is 0 Å². The van der Waals surface area contributed by atoms with Gasteiger partial charge in [-0.1, -0.05) is 23.9 Å². The Labute approximate surface area is 99.0 Å². The molecule has 4 heteroatoms. The van der Waals surface area contributed by atoms with Crippen LogP contribution in [0.2, 0.25) is 0 Å². The van der Waals surface area contributed by atoms with Gasteiger partial charge in [0.2, 0.25) is 0 Å². The minimum atomic E-state index is 0.710. The Kier molecular flexibility index (Phi) is 2.84. The van der Waals surface area contributed by atoms with Gasteiger partial charge in [-0.2, -0.15) is 0 Å². The molecule has 0 spiro atoms. The van der Waals surface area contributed by atoms with Crippen molar-refractivity contribution >= 4 is 22.8 Å². The third kappa shape index (κ3) is 2.08. The molecular formula is C12H15N3S. The molecule has 2 aromatic rings. The maximum atomic E-state index is 4.59. The minimum Gasteiger partial charge on any atom is -0.333 e. The zero-order valence-electron chi connectivity index (χ0n) is 9.07. The fourth-order valence-corrected chi connectivity index (χ4v) is 3.16. The summed E-state index contributed by atoms with van der Waals surface area (Å²) in [5, 5.41) is 5.16. The lowest BCUT2D eigenvalue weighted by Crippen LogP contribution is -2.29. The third-order valence-electron chi connectivity index (χ3n) is 2.93. The Morgan fingerprint density at radius 2 is 2.00 bits per heavy atom.